The molecule has 4 amide bonds. The highest BCUT2D eigenvalue weighted by molar-refractivity contribution is 6.23. The summed E-state index contributed by atoms with van der Waals surface area (Å²) < 4.78 is 0. The number of rotatable bonds is 10. The molecule has 170 valence electrons. The predicted molar refractivity (Wildman–Crippen MR) is 119 cm³/mol. The Hall–Kier alpha value is -2.98. The molecule has 32 heavy (non-hydrogen) atoms. The summed E-state index contributed by atoms with van der Waals surface area (Å²) in [6, 6.07) is 3.96. The first-order chi connectivity index (χ1) is 15.5. The molecule has 7 nitrogen and oxygen atoms in total. The van der Waals surface area contributed by atoms with Gasteiger partial charge in [-0.15, -0.1) is 0 Å². The zero-order valence-electron chi connectivity index (χ0n) is 18.3. The Bertz CT molecular complexity index is 943. The van der Waals surface area contributed by atoms with Crippen molar-refractivity contribution in [3.8, 4) is 11.8 Å². The number of aliphatic hydroxyl groups is 1. The first-order valence-electron chi connectivity index (χ1n) is 11.5. The van der Waals surface area contributed by atoms with Gasteiger partial charge >= 0.3 is 0 Å². The van der Waals surface area contributed by atoms with E-state index in [0.717, 1.165) is 37.0 Å². The Morgan fingerprint density at radius 2 is 1.56 bits per heavy atom. The number of aliphatic hydroxyl groups excluding tert-OH is 1. The molecule has 1 aromatic carbocycles. The number of carbonyl (C=O) groups excluding carboxylic acids is 4. The lowest BCUT2D eigenvalue weighted by Crippen LogP contribution is -2.54. The number of hydrogen-bond donors (Lipinski definition) is 2. The quantitative estimate of drug-likeness (QED) is 0.332. The number of nitrogens with one attached hydrogen (secondary N) is 1. The van der Waals surface area contributed by atoms with Crippen LogP contribution in [0.1, 0.15) is 96.9 Å². The van der Waals surface area contributed by atoms with Gasteiger partial charge in [0, 0.05) is 25.0 Å². The summed E-state index contributed by atoms with van der Waals surface area (Å²) in [7, 11) is 0. The summed E-state index contributed by atoms with van der Waals surface area (Å²) in [4.78, 5) is 50.0. The zero-order chi connectivity index (χ0) is 22.9. The number of carbonyl (C=O) groups is 4. The van der Waals surface area contributed by atoms with Crippen LogP contribution in [0.4, 0.5) is 0 Å². The molecule has 1 unspecified atom stereocenters. The van der Waals surface area contributed by atoms with Gasteiger partial charge in [-0.2, -0.15) is 0 Å². The average molecular weight is 439 g/mol. The van der Waals surface area contributed by atoms with Gasteiger partial charge < -0.3 is 5.11 Å². The molecule has 7 heteroatoms. The fraction of sp³-hybridized carbons (Fsp3) is 0.520. The lowest BCUT2D eigenvalue weighted by Gasteiger charge is -2.27. The van der Waals surface area contributed by atoms with Crippen LogP contribution in [0.2, 0.25) is 0 Å². The van der Waals surface area contributed by atoms with E-state index in [9.17, 15) is 19.2 Å². The van der Waals surface area contributed by atoms with Crippen molar-refractivity contribution in [1.82, 2.24) is 10.2 Å². The molecule has 0 bridgehead atoms. The summed E-state index contributed by atoms with van der Waals surface area (Å²) in [5.74, 6) is 4.18. The molecule has 0 aromatic heterocycles. The van der Waals surface area contributed by atoms with Crippen molar-refractivity contribution < 1.29 is 24.3 Å². The molecular weight excluding hydrogens is 408 g/mol. The van der Waals surface area contributed by atoms with Crippen LogP contribution in [0.3, 0.4) is 0 Å². The maximum absolute atomic E-state index is 12.8. The Morgan fingerprint density at radius 3 is 2.25 bits per heavy atom. The van der Waals surface area contributed by atoms with E-state index in [1.54, 1.807) is 18.2 Å². The van der Waals surface area contributed by atoms with Gasteiger partial charge in [0.25, 0.3) is 11.8 Å². The number of piperidine rings is 1. The van der Waals surface area contributed by atoms with Crippen molar-refractivity contribution in [2.45, 2.75) is 76.7 Å². The number of nitrogens with zero attached hydrogens (tertiary/aromatic N) is 1. The lowest BCUT2D eigenvalue weighted by atomic mass is 10.0. The topological polar surface area (TPSA) is 104 Å². The molecule has 3 rings (SSSR count). The molecule has 1 fully saturated rings. The van der Waals surface area contributed by atoms with Gasteiger partial charge in [-0.25, -0.2) is 0 Å². The van der Waals surface area contributed by atoms with Gasteiger partial charge in [0.15, 0.2) is 0 Å². The van der Waals surface area contributed by atoms with Crippen LogP contribution >= 0.6 is 0 Å². The highest BCUT2D eigenvalue weighted by atomic mass is 16.3. The van der Waals surface area contributed by atoms with Gasteiger partial charge in [0.1, 0.15) is 6.04 Å². The molecule has 2 aliphatic rings. The largest absolute Gasteiger partial charge is 0.396 e. The fourth-order valence-electron chi connectivity index (χ4n) is 4.10. The third-order valence-electron chi connectivity index (χ3n) is 5.88. The first-order valence-corrected chi connectivity index (χ1v) is 11.5. The highest BCUT2D eigenvalue weighted by Crippen LogP contribution is 2.28. The molecule has 0 radical (unpaired) electrons. The second-order valence-corrected chi connectivity index (χ2v) is 8.31. The van der Waals surface area contributed by atoms with Crippen LogP contribution < -0.4 is 5.32 Å². The third kappa shape index (κ3) is 5.83. The van der Waals surface area contributed by atoms with Crippen molar-refractivity contribution in [3.05, 3.63) is 34.9 Å². The van der Waals surface area contributed by atoms with Crippen molar-refractivity contribution >= 4 is 23.6 Å². The number of hydrogen-bond acceptors (Lipinski definition) is 5. The summed E-state index contributed by atoms with van der Waals surface area (Å²) >= 11 is 0. The SMILES string of the molecule is O=C1CCC(N2C(=O)c3ccc(C#CCCCCCCCCCCO)cc3C2=O)C(=O)N1. The summed E-state index contributed by atoms with van der Waals surface area (Å²) in [5, 5.41) is 10.9. The van der Waals surface area contributed by atoms with Gasteiger partial charge in [-0.05, 0) is 37.5 Å². The van der Waals surface area contributed by atoms with Gasteiger partial charge in [0.05, 0.1) is 11.1 Å². The van der Waals surface area contributed by atoms with E-state index in [2.05, 4.69) is 17.2 Å². The number of imide groups is 2. The van der Waals surface area contributed by atoms with Crippen LogP contribution in [0.15, 0.2) is 18.2 Å². The Kier molecular flexibility index (Phi) is 8.57. The van der Waals surface area contributed by atoms with E-state index in [1.165, 1.54) is 25.7 Å². The van der Waals surface area contributed by atoms with Crippen LogP contribution in [0.25, 0.3) is 0 Å². The van der Waals surface area contributed by atoms with Crippen LogP contribution in [0.5, 0.6) is 0 Å². The second-order valence-electron chi connectivity index (χ2n) is 8.31. The minimum atomic E-state index is -0.954. The van der Waals surface area contributed by atoms with Crippen LogP contribution in [-0.4, -0.2) is 46.3 Å². The van der Waals surface area contributed by atoms with E-state index in [-0.39, 0.29) is 30.6 Å². The molecule has 1 atom stereocenters. The molecular formula is C25H30N2O5. The minimum Gasteiger partial charge on any atom is -0.396 e. The van der Waals surface area contributed by atoms with E-state index in [1.807, 2.05) is 0 Å². The first kappa shape index (κ1) is 23.7. The number of amides is 4. The molecule has 0 saturated carbocycles. The molecule has 1 aromatic rings. The normalized spacial score (nSPS) is 17.8. The van der Waals surface area contributed by atoms with E-state index in [4.69, 9.17) is 5.11 Å². The molecule has 1 saturated heterocycles. The minimum absolute atomic E-state index is 0.101. The van der Waals surface area contributed by atoms with Gasteiger partial charge in [-0.1, -0.05) is 50.4 Å². The summed E-state index contributed by atoms with van der Waals surface area (Å²) in [6.07, 6.45) is 9.96. The Morgan fingerprint density at radius 1 is 0.906 bits per heavy atom. The van der Waals surface area contributed by atoms with Gasteiger partial charge in [-0.3, -0.25) is 29.4 Å². The highest BCUT2D eigenvalue weighted by Gasteiger charge is 2.44. The molecule has 2 heterocycles. The standard InChI is InChI=1S/C25H30N2O5/c28-16-10-8-6-4-2-1-3-5-7-9-11-18-12-13-19-20(17-18)25(32)27(24(19)31)21-14-15-22(29)26-23(21)30/h12-13,17,21,28H,1-8,10,14-16H2,(H,26,29,30). The maximum Gasteiger partial charge on any atom is 0.262 e. The monoisotopic (exact) mass is 438 g/mol. The Labute approximate surface area is 188 Å². The molecule has 0 spiro atoms. The van der Waals surface area contributed by atoms with E-state index < -0.39 is 29.7 Å². The second kappa shape index (κ2) is 11.6. The van der Waals surface area contributed by atoms with Crippen LogP contribution in [-0.2, 0) is 9.59 Å². The molecule has 2 aliphatic heterocycles. The van der Waals surface area contributed by atoms with Gasteiger partial charge in [0.2, 0.25) is 11.8 Å². The van der Waals surface area contributed by atoms with E-state index in [0.29, 0.717) is 5.56 Å². The summed E-state index contributed by atoms with van der Waals surface area (Å²) in [5.41, 5.74) is 1.19. The number of fused-ring (bicyclic) bond motifs is 1. The smallest absolute Gasteiger partial charge is 0.262 e. The van der Waals surface area contributed by atoms with E-state index >= 15 is 0 Å². The number of benzene rings is 1. The van der Waals surface area contributed by atoms with Crippen molar-refractivity contribution in [1.29, 1.82) is 0 Å². The van der Waals surface area contributed by atoms with Crippen molar-refractivity contribution in [2.75, 3.05) is 6.61 Å². The predicted octanol–water partition coefficient (Wildman–Crippen LogP) is 2.94. The van der Waals surface area contributed by atoms with Crippen molar-refractivity contribution in [2.24, 2.45) is 0 Å². The third-order valence-corrected chi connectivity index (χ3v) is 5.88. The maximum atomic E-state index is 12.8. The number of unbranched alkanes of at least 4 members (excludes halogenated alkanes) is 8. The van der Waals surface area contributed by atoms with Crippen molar-refractivity contribution in [3.63, 3.8) is 0 Å². The zero-order valence-corrected chi connectivity index (χ0v) is 18.3. The Balaban J connectivity index is 1.49. The average Bonchev–Trinajstić information content (AvgIpc) is 3.02. The molecule has 0 aliphatic carbocycles. The summed E-state index contributed by atoms with van der Waals surface area (Å²) in [6.45, 7) is 0.283. The van der Waals surface area contributed by atoms with Crippen LogP contribution in [0, 0.1) is 11.8 Å². The molecule has 2 N–H and O–H groups in total. The fourth-order valence-corrected chi connectivity index (χ4v) is 4.10. The lowest BCUT2D eigenvalue weighted by molar-refractivity contribution is -0.136.